The van der Waals surface area contributed by atoms with Crippen molar-refractivity contribution in [2.75, 3.05) is 0 Å². The minimum atomic E-state index is -0.371. The maximum Gasteiger partial charge on any atom is 0.147 e. The summed E-state index contributed by atoms with van der Waals surface area (Å²) in [5, 5.41) is 1.17. The smallest absolute Gasteiger partial charge is 0.147 e. The van der Waals surface area contributed by atoms with Crippen LogP contribution in [0.15, 0.2) is 42.6 Å². The van der Waals surface area contributed by atoms with Crippen LogP contribution in [0.5, 0.6) is 0 Å². The fraction of sp³-hybridized carbons (Fsp3) is 0.111. The Morgan fingerprint density at radius 1 is 1.18 bits per heavy atom. The van der Waals surface area contributed by atoms with Gasteiger partial charge in [0.1, 0.15) is 11.6 Å². The van der Waals surface area contributed by atoms with Crippen LogP contribution in [0.3, 0.4) is 0 Å². The molecule has 3 rings (SSSR count). The van der Waals surface area contributed by atoms with E-state index in [2.05, 4.69) is 4.98 Å². The lowest BCUT2D eigenvalue weighted by molar-refractivity contribution is 0.628. The van der Waals surface area contributed by atoms with Crippen LogP contribution in [-0.2, 0) is 0 Å². The molecule has 0 radical (unpaired) electrons. The predicted molar refractivity (Wildman–Crippen MR) is 87.8 cm³/mol. The number of aromatic amines is 1. The number of rotatable bonds is 3. The summed E-state index contributed by atoms with van der Waals surface area (Å²) in [4.78, 5) is 2.87. The predicted octanol–water partition coefficient (Wildman–Crippen LogP) is 6.05. The molecule has 1 N–H and O–H groups in total. The van der Waals surface area contributed by atoms with Crippen molar-refractivity contribution in [2.45, 2.75) is 13.3 Å². The highest BCUT2D eigenvalue weighted by Gasteiger charge is 2.08. The van der Waals surface area contributed by atoms with Crippen LogP contribution in [0.2, 0.25) is 5.02 Å². The topological polar surface area (TPSA) is 15.8 Å². The third kappa shape index (κ3) is 2.77. The molecule has 4 heteroatoms. The van der Waals surface area contributed by atoms with E-state index in [1.165, 1.54) is 18.2 Å². The van der Waals surface area contributed by atoms with Crippen molar-refractivity contribution in [3.8, 4) is 0 Å². The second kappa shape index (κ2) is 5.93. The molecule has 1 heterocycles. The van der Waals surface area contributed by atoms with Crippen LogP contribution in [-0.4, -0.2) is 4.98 Å². The van der Waals surface area contributed by atoms with Gasteiger partial charge in [0.2, 0.25) is 0 Å². The maximum absolute atomic E-state index is 14.0. The van der Waals surface area contributed by atoms with Crippen LogP contribution in [0, 0.1) is 11.6 Å². The van der Waals surface area contributed by atoms with Gasteiger partial charge in [-0.3, -0.25) is 0 Å². The summed E-state index contributed by atoms with van der Waals surface area (Å²) in [6.45, 7) is 1.98. The zero-order valence-electron chi connectivity index (χ0n) is 12.0. The first-order valence-corrected chi connectivity index (χ1v) is 7.39. The summed E-state index contributed by atoms with van der Waals surface area (Å²) in [6.07, 6.45) is 4.30. The molecule has 0 unspecified atom stereocenters. The largest absolute Gasteiger partial charge is 0.359 e. The van der Waals surface area contributed by atoms with Crippen LogP contribution < -0.4 is 0 Å². The molecule has 3 aromatic rings. The Balaban J connectivity index is 2.09. The number of nitrogens with one attached hydrogen (secondary N) is 1. The molecule has 0 saturated heterocycles. The zero-order valence-corrected chi connectivity index (χ0v) is 12.7. The molecule has 0 amide bonds. The van der Waals surface area contributed by atoms with Crippen LogP contribution >= 0.6 is 11.6 Å². The maximum atomic E-state index is 14.0. The van der Waals surface area contributed by atoms with Gasteiger partial charge in [0.05, 0.1) is 10.5 Å². The monoisotopic (exact) mass is 317 g/mol. The number of benzene rings is 2. The van der Waals surface area contributed by atoms with E-state index in [0.717, 1.165) is 22.1 Å². The number of allylic oxidation sites excluding steroid dienone is 1. The quantitative estimate of drug-likeness (QED) is 0.566. The minimum Gasteiger partial charge on any atom is -0.359 e. The number of H-pyrrole nitrogens is 1. The molecular formula is C18H14ClF2N. The number of halogens is 3. The van der Waals surface area contributed by atoms with E-state index < -0.39 is 0 Å². The number of hydrogen-bond donors (Lipinski definition) is 1. The van der Waals surface area contributed by atoms with E-state index in [4.69, 9.17) is 11.6 Å². The van der Waals surface area contributed by atoms with Gasteiger partial charge in [0, 0.05) is 11.6 Å². The number of hydrogen-bond acceptors (Lipinski definition) is 0. The Kier molecular flexibility index (Phi) is 3.99. The van der Waals surface area contributed by atoms with Gasteiger partial charge in [0.15, 0.2) is 0 Å². The Bertz CT molecular complexity index is 865. The zero-order chi connectivity index (χ0) is 15.7. The molecule has 0 aliphatic heterocycles. The molecule has 0 aliphatic rings. The molecule has 22 heavy (non-hydrogen) atoms. The van der Waals surface area contributed by atoms with Gasteiger partial charge in [-0.2, -0.15) is 0 Å². The van der Waals surface area contributed by atoms with Crippen molar-refractivity contribution < 1.29 is 8.78 Å². The lowest BCUT2D eigenvalue weighted by atomic mass is 10.00. The van der Waals surface area contributed by atoms with E-state index in [1.807, 2.05) is 25.1 Å². The first-order valence-electron chi connectivity index (χ1n) is 7.01. The molecule has 0 atom stereocenters. The van der Waals surface area contributed by atoms with Crippen molar-refractivity contribution in [3.63, 3.8) is 0 Å². The van der Waals surface area contributed by atoms with Crippen LogP contribution in [0.25, 0.3) is 22.6 Å². The summed E-state index contributed by atoms with van der Waals surface area (Å²) in [7, 11) is 0. The summed E-state index contributed by atoms with van der Waals surface area (Å²) in [5.74, 6) is -0.668. The standard InChI is InChI=1S/C18H14ClF2N/c1-2-12(15-4-3-14(20)10-16(15)19)7-11-8-13-5-6-22-18(13)17(21)9-11/h3-10,22H,2H2,1H3/b12-7+. The van der Waals surface area contributed by atoms with Crippen molar-refractivity contribution in [2.24, 2.45) is 0 Å². The fourth-order valence-electron chi connectivity index (χ4n) is 2.55. The van der Waals surface area contributed by atoms with E-state index in [9.17, 15) is 8.78 Å². The molecule has 0 aliphatic carbocycles. The molecular weight excluding hydrogens is 304 g/mol. The summed E-state index contributed by atoms with van der Waals surface area (Å²) < 4.78 is 27.2. The van der Waals surface area contributed by atoms with E-state index in [1.54, 1.807) is 12.3 Å². The van der Waals surface area contributed by atoms with E-state index in [0.29, 0.717) is 17.0 Å². The first-order chi connectivity index (χ1) is 10.6. The van der Waals surface area contributed by atoms with Crippen molar-refractivity contribution in [1.82, 2.24) is 4.98 Å². The average molecular weight is 318 g/mol. The first kappa shape index (κ1) is 14.8. The van der Waals surface area contributed by atoms with Crippen LogP contribution in [0.4, 0.5) is 8.78 Å². The summed E-state index contributed by atoms with van der Waals surface area (Å²) in [6, 6.07) is 9.52. The Labute approximate surface area is 132 Å². The Morgan fingerprint density at radius 3 is 2.73 bits per heavy atom. The molecule has 0 fully saturated rings. The number of aromatic nitrogens is 1. The lowest BCUT2D eigenvalue weighted by Gasteiger charge is -2.08. The van der Waals surface area contributed by atoms with Crippen LogP contribution in [0.1, 0.15) is 24.5 Å². The molecule has 0 bridgehead atoms. The van der Waals surface area contributed by atoms with Gasteiger partial charge in [-0.05, 0) is 53.5 Å². The summed E-state index contributed by atoms with van der Waals surface area (Å²) in [5.41, 5.74) is 2.94. The van der Waals surface area contributed by atoms with Crippen molar-refractivity contribution in [1.29, 1.82) is 0 Å². The summed E-state index contributed by atoms with van der Waals surface area (Å²) >= 11 is 6.12. The fourth-order valence-corrected chi connectivity index (χ4v) is 2.84. The van der Waals surface area contributed by atoms with Gasteiger partial charge >= 0.3 is 0 Å². The van der Waals surface area contributed by atoms with Crippen molar-refractivity contribution >= 4 is 34.2 Å². The van der Waals surface area contributed by atoms with E-state index in [-0.39, 0.29) is 11.6 Å². The number of fused-ring (bicyclic) bond motifs is 1. The van der Waals surface area contributed by atoms with Gasteiger partial charge in [-0.1, -0.05) is 30.7 Å². The van der Waals surface area contributed by atoms with Gasteiger partial charge in [0.25, 0.3) is 0 Å². The van der Waals surface area contributed by atoms with Gasteiger partial charge in [-0.25, -0.2) is 8.78 Å². The highest BCUT2D eigenvalue weighted by atomic mass is 35.5. The van der Waals surface area contributed by atoms with E-state index >= 15 is 0 Å². The van der Waals surface area contributed by atoms with Crippen molar-refractivity contribution in [3.05, 3.63) is 70.4 Å². The second-order valence-electron chi connectivity index (χ2n) is 5.09. The third-order valence-corrected chi connectivity index (χ3v) is 3.95. The normalized spacial score (nSPS) is 12.1. The molecule has 1 aromatic heterocycles. The third-order valence-electron chi connectivity index (χ3n) is 3.63. The molecule has 2 aromatic carbocycles. The minimum absolute atomic E-state index is 0.297. The average Bonchev–Trinajstić information content (AvgIpc) is 2.94. The highest BCUT2D eigenvalue weighted by Crippen LogP contribution is 2.30. The van der Waals surface area contributed by atoms with Gasteiger partial charge in [-0.15, -0.1) is 0 Å². The SMILES string of the molecule is CC/C(=C\c1cc(F)c2[nH]ccc2c1)c1ccc(F)cc1Cl. The Hall–Kier alpha value is -2.13. The molecule has 0 saturated carbocycles. The molecule has 112 valence electrons. The molecule has 1 nitrogen and oxygen atoms in total. The highest BCUT2D eigenvalue weighted by molar-refractivity contribution is 6.32. The Morgan fingerprint density at radius 2 is 2.00 bits per heavy atom. The van der Waals surface area contributed by atoms with Gasteiger partial charge < -0.3 is 4.98 Å². The molecule has 0 spiro atoms. The lowest BCUT2D eigenvalue weighted by Crippen LogP contribution is -1.88. The second-order valence-corrected chi connectivity index (χ2v) is 5.50.